The largest absolute Gasteiger partial charge is 0.326 e. The zero-order chi connectivity index (χ0) is 13.2. The van der Waals surface area contributed by atoms with Gasteiger partial charge >= 0.3 is 0 Å². The maximum Gasteiger partial charge on any atom is 0.228 e. The van der Waals surface area contributed by atoms with Crippen molar-refractivity contribution in [2.45, 2.75) is 50.7 Å². The van der Waals surface area contributed by atoms with Gasteiger partial charge in [-0.2, -0.15) is 0 Å². The van der Waals surface area contributed by atoms with E-state index in [1.165, 1.54) is 24.8 Å². The molecule has 1 saturated carbocycles. The number of nitrogens with one attached hydrogen (secondary N) is 2. The number of rotatable bonds is 3. The normalized spacial score (nSPS) is 26.1. The van der Waals surface area contributed by atoms with Crippen molar-refractivity contribution < 1.29 is 4.79 Å². The highest BCUT2D eigenvalue weighted by molar-refractivity contribution is 5.99. The van der Waals surface area contributed by atoms with Gasteiger partial charge in [0, 0.05) is 24.3 Å². The summed E-state index contributed by atoms with van der Waals surface area (Å²) in [6, 6.07) is 6.91. The number of benzene rings is 1. The summed E-state index contributed by atoms with van der Waals surface area (Å²) in [4.78, 5) is 11.3. The lowest BCUT2D eigenvalue weighted by Gasteiger charge is -2.29. The first-order valence-electron chi connectivity index (χ1n) is 7.13. The van der Waals surface area contributed by atoms with E-state index in [4.69, 9.17) is 5.73 Å². The molecule has 0 aromatic heterocycles. The smallest absolute Gasteiger partial charge is 0.228 e. The Hall–Kier alpha value is -1.39. The molecule has 2 aliphatic rings. The summed E-state index contributed by atoms with van der Waals surface area (Å²) in [5, 5.41) is 6.42. The Balaban J connectivity index is 1.61. The number of carbonyl (C=O) groups is 1. The molecule has 1 aliphatic heterocycles. The number of hydrogen-bond donors (Lipinski definition) is 3. The van der Waals surface area contributed by atoms with Crippen molar-refractivity contribution in [3.63, 3.8) is 0 Å². The van der Waals surface area contributed by atoms with E-state index in [0.29, 0.717) is 12.5 Å². The van der Waals surface area contributed by atoms with E-state index in [9.17, 15) is 4.79 Å². The minimum atomic E-state index is 0.0920. The van der Waals surface area contributed by atoms with Crippen LogP contribution in [0.3, 0.4) is 0 Å². The van der Waals surface area contributed by atoms with E-state index in [0.717, 1.165) is 24.2 Å². The second kappa shape index (κ2) is 5.31. The lowest BCUT2D eigenvalue weighted by Crippen LogP contribution is -2.46. The second-order valence-electron chi connectivity index (χ2n) is 5.65. The number of fused-ring (bicyclic) bond motifs is 1. The molecule has 0 spiro atoms. The van der Waals surface area contributed by atoms with Gasteiger partial charge in [-0.25, -0.2) is 0 Å². The van der Waals surface area contributed by atoms with Crippen molar-refractivity contribution in [2.24, 2.45) is 5.73 Å². The Morgan fingerprint density at radius 1 is 1.32 bits per heavy atom. The lowest BCUT2D eigenvalue weighted by molar-refractivity contribution is -0.115. The molecule has 4 N–H and O–H groups in total. The highest BCUT2D eigenvalue weighted by atomic mass is 16.1. The predicted molar refractivity (Wildman–Crippen MR) is 75.8 cm³/mol. The van der Waals surface area contributed by atoms with Crippen molar-refractivity contribution >= 4 is 11.6 Å². The van der Waals surface area contributed by atoms with Crippen LogP contribution >= 0.6 is 0 Å². The molecule has 102 valence electrons. The molecule has 2 unspecified atom stereocenters. The maximum atomic E-state index is 11.3. The second-order valence-corrected chi connectivity index (χ2v) is 5.65. The predicted octanol–water partition coefficient (Wildman–Crippen LogP) is 1.54. The van der Waals surface area contributed by atoms with Gasteiger partial charge < -0.3 is 16.4 Å². The number of amides is 1. The zero-order valence-electron chi connectivity index (χ0n) is 11.1. The first-order chi connectivity index (χ1) is 9.22. The Morgan fingerprint density at radius 2 is 2.16 bits per heavy atom. The molecule has 19 heavy (non-hydrogen) atoms. The Morgan fingerprint density at radius 3 is 3.00 bits per heavy atom. The Bertz CT molecular complexity index is 486. The van der Waals surface area contributed by atoms with Gasteiger partial charge in [0.25, 0.3) is 0 Å². The third-order valence-corrected chi connectivity index (χ3v) is 4.18. The molecule has 3 rings (SSSR count). The third kappa shape index (κ3) is 2.80. The molecule has 1 amide bonds. The standard InChI is InChI=1S/C15H21N3O/c16-12-3-1-2-4-14(12)17-9-10-5-6-13-11(7-10)8-15(19)18-13/h5-7,12,14,17H,1-4,8-9,16H2,(H,18,19). The van der Waals surface area contributed by atoms with Crippen LogP contribution in [0.1, 0.15) is 36.8 Å². The number of anilines is 1. The first kappa shape index (κ1) is 12.6. The van der Waals surface area contributed by atoms with E-state index < -0.39 is 0 Å². The van der Waals surface area contributed by atoms with Crippen LogP contribution in [0.15, 0.2) is 18.2 Å². The summed E-state index contributed by atoms with van der Waals surface area (Å²) in [5.74, 6) is 0.0920. The van der Waals surface area contributed by atoms with Crippen LogP contribution in [0, 0.1) is 0 Å². The molecule has 1 aliphatic carbocycles. The van der Waals surface area contributed by atoms with Gasteiger partial charge in [-0.3, -0.25) is 4.79 Å². The van der Waals surface area contributed by atoms with Gasteiger partial charge in [-0.05, 0) is 30.0 Å². The van der Waals surface area contributed by atoms with Crippen LogP contribution in [-0.4, -0.2) is 18.0 Å². The summed E-state index contributed by atoms with van der Waals surface area (Å²) in [6.07, 6.45) is 5.33. The number of hydrogen-bond acceptors (Lipinski definition) is 3. The van der Waals surface area contributed by atoms with E-state index in [1.807, 2.05) is 6.07 Å². The van der Waals surface area contributed by atoms with Crippen LogP contribution in [0.2, 0.25) is 0 Å². The van der Waals surface area contributed by atoms with E-state index in [-0.39, 0.29) is 11.9 Å². The van der Waals surface area contributed by atoms with Gasteiger partial charge in [0.2, 0.25) is 5.91 Å². The SMILES string of the molecule is NC1CCCCC1NCc1ccc2c(c1)CC(=O)N2. The fraction of sp³-hybridized carbons (Fsp3) is 0.533. The average molecular weight is 259 g/mol. The van der Waals surface area contributed by atoms with Crippen LogP contribution in [0.25, 0.3) is 0 Å². The fourth-order valence-electron chi connectivity index (χ4n) is 3.05. The minimum absolute atomic E-state index is 0.0920. The number of nitrogens with two attached hydrogens (primary N) is 1. The average Bonchev–Trinajstić information content (AvgIpc) is 2.77. The van der Waals surface area contributed by atoms with Crippen LogP contribution in [-0.2, 0) is 17.8 Å². The molecule has 4 nitrogen and oxygen atoms in total. The summed E-state index contributed by atoms with van der Waals surface area (Å²) in [5.41, 5.74) is 9.43. The molecular formula is C15H21N3O. The summed E-state index contributed by atoms with van der Waals surface area (Å²) < 4.78 is 0. The van der Waals surface area contributed by atoms with Gasteiger partial charge in [0.05, 0.1) is 6.42 Å². The van der Waals surface area contributed by atoms with Crippen LogP contribution in [0.4, 0.5) is 5.69 Å². The highest BCUT2D eigenvalue weighted by Crippen LogP contribution is 2.24. The minimum Gasteiger partial charge on any atom is -0.326 e. The molecule has 1 aromatic carbocycles. The Labute approximate surface area is 113 Å². The lowest BCUT2D eigenvalue weighted by atomic mass is 9.91. The van der Waals surface area contributed by atoms with Crippen LogP contribution < -0.4 is 16.4 Å². The molecule has 1 fully saturated rings. The van der Waals surface area contributed by atoms with Gasteiger partial charge in [0.15, 0.2) is 0 Å². The van der Waals surface area contributed by atoms with Crippen molar-refractivity contribution in [2.75, 3.05) is 5.32 Å². The van der Waals surface area contributed by atoms with Crippen molar-refractivity contribution in [1.82, 2.24) is 5.32 Å². The fourth-order valence-corrected chi connectivity index (χ4v) is 3.05. The van der Waals surface area contributed by atoms with Gasteiger partial charge in [0.1, 0.15) is 0 Å². The van der Waals surface area contributed by atoms with E-state index in [2.05, 4.69) is 22.8 Å². The molecule has 0 saturated heterocycles. The molecular weight excluding hydrogens is 238 g/mol. The number of carbonyl (C=O) groups excluding carboxylic acids is 1. The summed E-state index contributed by atoms with van der Waals surface area (Å²) in [6.45, 7) is 0.833. The van der Waals surface area contributed by atoms with E-state index >= 15 is 0 Å². The molecule has 4 heteroatoms. The van der Waals surface area contributed by atoms with Crippen LogP contribution in [0.5, 0.6) is 0 Å². The summed E-state index contributed by atoms with van der Waals surface area (Å²) in [7, 11) is 0. The quantitative estimate of drug-likeness (QED) is 0.771. The molecule has 0 bridgehead atoms. The highest BCUT2D eigenvalue weighted by Gasteiger charge is 2.21. The van der Waals surface area contributed by atoms with E-state index in [1.54, 1.807) is 0 Å². The first-order valence-corrected chi connectivity index (χ1v) is 7.13. The molecule has 0 radical (unpaired) electrons. The van der Waals surface area contributed by atoms with Crippen molar-refractivity contribution in [3.05, 3.63) is 29.3 Å². The third-order valence-electron chi connectivity index (χ3n) is 4.18. The van der Waals surface area contributed by atoms with Crippen molar-refractivity contribution in [3.8, 4) is 0 Å². The topological polar surface area (TPSA) is 67.1 Å². The molecule has 1 aromatic rings. The van der Waals surface area contributed by atoms with Crippen molar-refractivity contribution in [1.29, 1.82) is 0 Å². The monoisotopic (exact) mass is 259 g/mol. The zero-order valence-corrected chi connectivity index (χ0v) is 11.1. The maximum absolute atomic E-state index is 11.3. The molecule has 2 atom stereocenters. The Kier molecular flexibility index (Phi) is 3.53. The van der Waals surface area contributed by atoms with Gasteiger partial charge in [-0.15, -0.1) is 0 Å². The molecule has 1 heterocycles. The summed E-state index contributed by atoms with van der Waals surface area (Å²) >= 11 is 0. The van der Waals surface area contributed by atoms with Gasteiger partial charge in [-0.1, -0.05) is 25.0 Å².